The maximum absolute atomic E-state index is 9.50. The Balaban J connectivity index is 2.01. The second-order valence-electron chi connectivity index (χ2n) is 4.95. The van der Waals surface area contributed by atoms with Gasteiger partial charge >= 0.3 is 0 Å². The lowest BCUT2D eigenvalue weighted by molar-refractivity contribution is 0.414. The maximum Gasteiger partial charge on any atom is 0.118 e. The molecule has 0 aliphatic carbocycles. The fraction of sp³-hybridized carbons (Fsp3) is 0.294. The molecule has 0 radical (unpaired) electrons. The maximum atomic E-state index is 9.50. The highest BCUT2D eigenvalue weighted by atomic mass is 35.5. The summed E-state index contributed by atoms with van der Waals surface area (Å²) in [5.74, 6) is 2.12. The lowest BCUT2D eigenvalue weighted by Gasteiger charge is -2.14. The molecule has 0 bridgehead atoms. The quantitative estimate of drug-likeness (QED) is 0.814. The van der Waals surface area contributed by atoms with Crippen molar-refractivity contribution in [1.82, 2.24) is 0 Å². The van der Waals surface area contributed by atoms with E-state index in [1.54, 1.807) is 19.2 Å². The molecule has 0 aliphatic rings. The number of phenolic OH excluding ortho intramolecular Hbond substituents is 1. The minimum absolute atomic E-state index is 0.306. The number of alkyl halides is 1. The van der Waals surface area contributed by atoms with Gasteiger partial charge in [0.2, 0.25) is 0 Å². The number of benzene rings is 2. The Kier molecular flexibility index (Phi) is 5.31. The van der Waals surface area contributed by atoms with Crippen LogP contribution in [-0.4, -0.2) is 18.1 Å². The molecule has 2 rings (SSSR count). The van der Waals surface area contributed by atoms with Gasteiger partial charge in [-0.15, -0.1) is 11.6 Å². The van der Waals surface area contributed by atoms with Crippen molar-refractivity contribution in [2.45, 2.75) is 12.8 Å². The fourth-order valence-electron chi connectivity index (χ4n) is 2.29. The van der Waals surface area contributed by atoms with E-state index in [4.69, 9.17) is 16.3 Å². The molecule has 0 amide bonds. The summed E-state index contributed by atoms with van der Waals surface area (Å²) in [6.07, 6.45) is 1.78. The molecule has 2 aromatic rings. The molecule has 20 heavy (non-hydrogen) atoms. The molecule has 0 heterocycles. The third-order valence-electron chi connectivity index (χ3n) is 3.34. The van der Waals surface area contributed by atoms with Gasteiger partial charge in [0.05, 0.1) is 7.11 Å². The summed E-state index contributed by atoms with van der Waals surface area (Å²) < 4.78 is 5.16. The summed E-state index contributed by atoms with van der Waals surface area (Å²) >= 11 is 6.08. The van der Waals surface area contributed by atoms with E-state index in [-0.39, 0.29) is 0 Å². The van der Waals surface area contributed by atoms with E-state index < -0.39 is 0 Å². The number of methoxy groups -OCH3 is 1. The first-order valence-corrected chi connectivity index (χ1v) is 7.21. The van der Waals surface area contributed by atoms with Gasteiger partial charge in [0, 0.05) is 5.88 Å². The third-order valence-corrected chi connectivity index (χ3v) is 3.77. The van der Waals surface area contributed by atoms with E-state index in [0.29, 0.717) is 17.5 Å². The molecule has 1 atom stereocenters. The van der Waals surface area contributed by atoms with Crippen LogP contribution in [0.5, 0.6) is 11.5 Å². The molecule has 106 valence electrons. The van der Waals surface area contributed by atoms with Gasteiger partial charge in [-0.1, -0.05) is 24.3 Å². The number of ether oxygens (including phenoxy) is 1. The Labute approximate surface area is 125 Å². The SMILES string of the molecule is COc1ccc(CC(CCl)Cc2cccc(O)c2)cc1. The average molecular weight is 291 g/mol. The van der Waals surface area contributed by atoms with Gasteiger partial charge in [-0.05, 0) is 54.2 Å². The molecule has 2 aromatic carbocycles. The Morgan fingerprint density at radius 3 is 2.35 bits per heavy atom. The Morgan fingerprint density at radius 2 is 1.75 bits per heavy atom. The van der Waals surface area contributed by atoms with Gasteiger partial charge in [-0.3, -0.25) is 0 Å². The molecule has 0 aromatic heterocycles. The number of hydrogen-bond acceptors (Lipinski definition) is 2. The van der Waals surface area contributed by atoms with Crippen LogP contribution in [0.25, 0.3) is 0 Å². The van der Waals surface area contributed by atoms with E-state index in [9.17, 15) is 5.11 Å². The normalized spacial score (nSPS) is 12.1. The van der Waals surface area contributed by atoms with Crippen molar-refractivity contribution in [2.24, 2.45) is 5.92 Å². The average Bonchev–Trinajstić information content (AvgIpc) is 2.47. The Hall–Kier alpha value is -1.67. The molecule has 1 N–H and O–H groups in total. The van der Waals surface area contributed by atoms with Gasteiger partial charge in [0.15, 0.2) is 0 Å². The van der Waals surface area contributed by atoms with Crippen LogP contribution in [0.4, 0.5) is 0 Å². The molecule has 2 nitrogen and oxygen atoms in total. The standard InChI is InChI=1S/C17H19ClO2/c1-20-17-7-5-13(6-8-17)9-15(12-18)10-14-3-2-4-16(19)11-14/h2-8,11,15,19H,9-10,12H2,1H3. The van der Waals surface area contributed by atoms with Crippen LogP contribution in [0.3, 0.4) is 0 Å². The summed E-state index contributed by atoms with van der Waals surface area (Å²) in [6, 6.07) is 15.4. The minimum atomic E-state index is 0.306. The van der Waals surface area contributed by atoms with Crippen LogP contribution in [0, 0.1) is 5.92 Å². The largest absolute Gasteiger partial charge is 0.508 e. The first-order chi connectivity index (χ1) is 9.71. The van der Waals surface area contributed by atoms with Crippen molar-refractivity contribution in [3.63, 3.8) is 0 Å². The van der Waals surface area contributed by atoms with Gasteiger partial charge in [-0.25, -0.2) is 0 Å². The van der Waals surface area contributed by atoms with E-state index in [1.807, 2.05) is 24.3 Å². The molecular weight excluding hydrogens is 272 g/mol. The van der Waals surface area contributed by atoms with Gasteiger partial charge in [-0.2, -0.15) is 0 Å². The van der Waals surface area contributed by atoms with Crippen LogP contribution in [0.15, 0.2) is 48.5 Å². The van der Waals surface area contributed by atoms with E-state index in [2.05, 4.69) is 12.1 Å². The van der Waals surface area contributed by atoms with Crippen LogP contribution < -0.4 is 4.74 Å². The molecule has 1 unspecified atom stereocenters. The van der Waals surface area contributed by atoms with Crippen molar-refractivity contribution in [3.05, 3.63) is 59.7 Å². The first kappa shape index (κ1) is 14.7. The first-order valence-electron chi connectivity index (χ1n) is 6.68. The summed E-state index contributed by atoms with van der Waals surface area (Å²) in [7, 11) is 1.67. The van der Waals surface area contributed by atoms with Crippen molar-refractivity contribution >= 4 is 11.6 Å². The highest BCUT2D eigenvalue weighted by molar-refractivity contribution is 6.18. The van der Waals surface area contributed by atoms with Gasteiger partial charge in [0.1, 0.15) is 11.5 Å². The summed E-state index contributed by atoms with van der Waals surface area (Å²) in [5, 5.41) is 9.50. The van der Waals surface area contributed by atoms with Crippen molar-refractivity contribution < 1.29 is 9.84 Å². The van der Waals surface area contributed by atoms with Crippen molar-refractivity contribution in [1.29, 1.82) is 0 Å². The number of aromatic hydroxyl groups is 1. The smallest absolute Gasteiger partial charge is 0.118 e. The third kappa shape index (κ3) is 4.17. The summed E-state index contributed by atoms with van der Waals surface area (Å²) in [5.41, 5.74) is 2.36. The number of rotatable bonds is 6. The van der Waals surface area contributed by atoms with Crippen LogP contribution in [-0.2, 0) is 12.8 Å². The predicted molar refractivity (Wildman–Crippen MR) is 82.7 cm³/mol. The number of phenols is 1. The minimum Gasteiger partial charge on any atom is -0.508 e. The van der Waals surface area contributed by atoms with Crippen LogP contribution in [0.1, 0.15) is 11.1 Å². The zero-order chi connectivity index (χ0) is 14.4. The second-order valence-corrected chi connectivity index (χ2v) is 5.26. The predicted octanol–water partition coefficient (Wildman–Crippen LogP) is 4.04. The monoisotopic (exact) mass is 290 g/mol. The van der Waals surface area contributed by atoms with Crippen molar-refractivity contribution in [2.75, 3.05) is 13.0 Å². The van der Waals surface area contributed by atoms with Gasteiger partial charge in [0.25, 0.3) is 0 Å². The zero-order valence-corrected chi connectivity index (χ0v) is 12.3. The Morgan fingerprint density at radius 1 is 1.05 bits per heavy atom. The number of hydrogen-bond donors (Lipinski definition) is 1. The summed E-state index contributed by atoms with van der Waals surface area (Å²) in [4.78, 5) is 0. The van der Waals surface area contributed by atoms with E-state index in [1.165, 1.54) is 5.56 Å². The van der Waals surface area contributed by atoms with Crippen molar-refractivity contribution in [3.8, 4) is 11.5 Å². The Bertz CT molecular complexity index is 537. The number of halogens is 1. The molecular formula is C17H19ClO2. The molecule has 0 spiro atoms. The van der Waals surface area contributed by atoms with E-state index in [0.717, 1.165) is 24.2 Å². The lowest BCUT2D eigenvalue weighted by Crippen LogP contribution is -2.10. The van der Waals surface area contributed by atoms with Crippen LogP contribution >= 0.6 is 11.6 Å². The fourth-order valence-corrected chi connectivity index (χ4v) is 2.51. The van der Waals surface area contributed by atoms with Crippen LogP contribution in [0.2, 0.25) is 0 Å². The molecule has 0 aliphatic heterocycles. The highest BCUT2D eigenvalue weighted by Gasteiger charge is 2.10. The van der Waals surface area contributed by atoms with Gasteiger partial charge < -0.3 is 9.84 Å². The zero-order valence-electron chi connectivity index (χ0n) is 11.6. The topological polar surface area (TPSA) is 29.5 Å². The highest BCUT2D eigenvalue weighted by Crippen LogP contribution is 2.20. The molecule has 0 saturated carbocycles. The lowest BCUT2D eigenvalue weighted by atomic mass is 9.94. The molecule has 3 heteroatoms. The molecule has 0 fully saturated rings. The van der Waals surface area contributed by atoms with E-state index >= 15 is 0 Å². The molecule has 0 saturated heterocycles. The second kappa shape index (κ2) is 7.20. The summed E-state index contributed by atoms with van der Waals surface area (Å²) in [6.45, 7) is 0.